The minimum Gasteiger partial charge on any atom is -0.497 e. The highest BCUT2D eigenvalue weighted by molar-refractivity contribution is 5.72. The van der Waals surface area contributed by atoms with Crippen molar-refractivity contribution in [1.29, 1.82) is 0 Å². The number of carbonyl (C=O) groups is 1. The van der Waals surface area contributed by atoms with E-state index in [1.165, 1.54) is 6.92 Å². The molecule has 94 valence electrons. The molecule has 0 aromatic heterocycles. The molecule has 0 bridgehead atoms. The predicted octanol–water partition coefficient (Wildman–Crippen LogP) is 1.69. The lowest BCUT2D eigenvalue weighted by atomic mass is 10.0. The molecule has 0 heterocycles. The molecule has 0 atom stereocenters. The van der Waals surface area contributed by atoms with Crippen molar-refractivity contribution in [2.75, 3.05) is 20.8 Å². The van der Waals surface area contributed by atoms with Crippen molar-refractivity contribution in [2.24, 2.45) is 0 Å². The first kappa shape index (κ1) is 13.4. The number of ether oxygens (including phenoxy) is 2. The van der Waals surface area contributed by atoms with Crippen LogP contribution in [0.4, 0.5) is 0 Å². The molecule has 0 fully saturated rings. The zero-order chi connectivity index (χ0) is 12.8. The van der Waals surface area contributed by atoms with Gasteiger partial charge in [-0.05, 0) is 30.5 Å². The van der Waals surface area contributed by atoms with Crippen LogP contribution >= 0.6 is 0 Å². The topological polar surface area (TPSA) is 47.6 Å². The average Bonchev–Trinajstić information content (AvgIpc) is 2.30. The maximum atomic E-state index is 10.8. The zero-order valence-electron chi connectivity index (χ0n) is 10.8. The molecule has 4 nitrogen and oxygen atoms in total. The van der Waals surface area contributed by atoms with E-state index in [4.69, 9.17) is 9.47 Å². The van der Waals surface area contributed by atoms with Crippen LogP contribution in [0.3, 0.4) is 0 Å². The zero-order valence-corrected chi connectivity index (χ0v) is 10.8. The molecular weight excluding hydrogens is 218 g/mol. The number of hydrogen-bond donors (Lipinski definition) is 1. The van der Waals surface area contributed by atoms with E-state index in [1.54, 1.807) is 14.2 Å². The Bertz CT molecular complexity index is 402. The van der Waals surface area contributed by atoms with Crippen molar-refractivity contribution in [3.05, 3.63) is 23.3 Å². The second-order valence-electron chi connectivity index (χ2n) is 3.86. The van der Waals surface area contributed by atoms with Gasteiger partial charge >= 0.3 is 0 Å². The van der Waals surface area contributed by atoms with Crippen molar-refractivity contribution in [1.82, 2.24) is 5.32 Å². The van der Waals surface area contributed by atoms with Gasteiger partial charge in [0.05, 0.1) is 14.2 Å². The molecule has 0 aliphatic rings. The first-order valence-corrected chi connectivity index (χ1v) is 5.54. The van der Waals surface area contributed by atoms with Gasteiger partial charge in [0, 0.05) is 19.5 Å². The van der Waals surface area contributed by atoms with Gasteiger partial charge in [0.2, 0.25) is 5.91 Å². The highest BCUT2D eigenvalue weighted by Gasteiger charge is 2.09. The van der Waals surface area contributed by atoms with Crippen LogP contribution < -0.4 is 14.8 Å². The van der Waals surface area contributed by atoms with Crippen LogP contribution in [0.2, 0.25) is 0 Å². The van der Waals surface area contributed by atoms with Crippen molar-refractivity contribution in [2.45, 2.75) is 20.3 Å². The summed E-state index contributed by atoms with van der Waals surface area (Å²) >= 11 is 0. The summed E-state index contributed by atoms with van der Waals surface area (Å²) in [7, 11) is 3.27. The molecule has 1 aromatic rings. The fourth-order valence-electron chi connectivity index (χ4n) is 1.74. The van der Waals surface area contributed by atoms with Gasteiger partial charge < -0.3 is 14.8 Å². The summed E-state index contributed by atoms with van der Waals surface area (Å²) < 4.78 is 10.5. The summed E-state index contributed by atoms with van der Waals surface area (Å²) in [6.07, 6.45) is 0.749. The summed E-state index contributed by atoms with van der Waals surface area (Å²) in [5.74, 6) is 1.56. The molecule has 1 N–H and O–H groups in total. The Hall–Kier alpha value is -1.71. The van der Waals surface area contributed by atoms with E-state index < -0.39 is 0 Å². The van der Waals surface area contributed by atoms with Gasteiger partial charge in [-0.3, -0.25) is 4.79 Å². The predicted molar refractivity (Wildman–Crippen MR) is 66.7 cm³/mol. The maximum absolute atomic E-state index is 10.8. The second kappa shape index (κ2) is 6.13. The van der Waals surface area contributed by atoms with E-state index in [2.05, 4.69) is 5.32 Å². The molecule has 0 saturated heterocycles. The molecule has 0 aliphatic heterocycles. The molecular formula is C13H19NO3. The molecule has 0 saturated carbocycles. The van der Waals surface area contributed by atoms with Crippen molar-refractivity contribution < 1.29 is 14.3 Å². The molecule has 0 unspecified atom stereocenters. The van der Waals surface area contributed by atoms with Crippen LogP contribution in [-0.2, 0) is 11.2 Å². The van der Waals surface area contributed by atoms with Crippen molar-refractivity contribution in [3.63, 3.8) is 0 Å². The van der Waals surface area contributed by atoms with Crippen molar-refractivity contribution >= 4 is 5.91 Å². The van der Waals surface area contributed by atoms with E-state index in [0.717, 1.165) is 29.0 Å². The van der Waals surface area contributed by atoms with Gasteiger partial charge in [-0.25, -0.2) is 0 Å². The number of methoxy groups -OCH3 is 2. The third-order valence-electron chi connectivity index (χ3n) is 2.61. The average molecular weight is 237 g/mol. The van der Waals surface area contributed by atoms with Gasteiger partial charge in [-0.1, -0.05) is 0 Å². The summed E-state index contributed by atoms with van der Waals surface area (Å²) in [4.78, 5) is 10.8. The summed E-state index contributed by atoms with van der Waals surface area (Å²) in [5, 5.41) is 2.78. The standard InChI is InChI=1S/C13H19NO3/c1-9-7-11(16-3)8-13(17-4)12(9)5-6-14-10(2)15/h7-8H,5-6H2,1-4H3,(H,14,15). The Morgan fingerprint density at radius 2 is 2.00 bits per heavy atom. The van der Waals surface area contributed by atoms with Gasteiger partial charge in [0.15, 0.2) is 0 Å². The number of rotatable bonds is 5. The molecule has 17 heavy (non-hydrogen) atoms. The molecule has 4 heteroatoms. The normalized spacial score (nSPS) is 9.88. The van der Waals surface area contributed by atoms with Crippen LogP contribution in [0.1, 0.15) is 18.1 Å². The van der Waals surface area contributed by atoms with E-state index in [-0.39, 0.29) is 5.91 Å². The summed E-state index contributed by atoms with van der Waals surface area (Å²) in [6.45, 7) is 4.13. The van der Waals surface area contributed by atoms with Crippen LogP contribution in [-0.4, -0.2) is 26.7 Å². The van der Waals surface area contributed by atoms with Crippen LogP contribution in [0.25, 0.3) is 0 Å². The van der Waals surface area contributed by atoms with Gasteiger partial charge in [-0.15, -0.1) is 0 Å². The fraction of sp³-hybridized carbons (Fsp3) is 0.462. The Balaban J connectivity index is 2.86. The monoisotopic (exact) mass is 237 g/mol. The van der Waals surface area contributed by atoms with Crippen LogP contribution in [0, 0.1) is 6.92 Å². The SMILES string of the molecule is COc1cc(C)c(CCNC(C)=O)c(OC)c1. The lowest BCUT2D eigenvalue weighted by Gasteiger charge is -2.13. The molecule has 0 aliphatic carbocycles. The summed E-state index contributed by atoms with van der Waals surface area (Å²) in [5.41, 5.74) is 2.20. The lowest BCUT2D eigenvalue weighted by Crippen LogP contribution is -2.22. The first-order chi connectivity index (χ1) is 8.08. The third-order valence-corrected chi connectivity index (χ3v) is 2.61. The largest absolute Gasteiger partial charge is 0.497 e. The van der Waals surface area contributed by atoms with Crippen LogP contribution in [0.5, 0.6) is 11.5 Å². The number of benzene rings is 1. The highest BCUT2D eigenvalue weighted by Crippen LogP contribution is 2.28. The number of aryl methyl sites for hydroxylation is 1. The number of amides is 1. The molecule has 1 rings (SSSR count). The minimum atomic E-state index is -0.0184. The Kier molecular flexibility index (Phi) is 4.82. The second-order valence-corrected chi connectivity index (χ2v) is 3.86. The molecule has 0 radical (unpaired) electrons. The van der Waals surface area contributed by atoms with E-state index in [0.29, 0.717) is 6.54 Å². The fourth-order valence-corrected chi connectivity index (χ4v) is 1.74. The Morgan fingerprint density at radius 1 is 1.29 bits per heavy atom. The van der Waals surface area contributed by atoms with Crippen LogP contribution in [0.15, 0.2) is 12.1 Å². The molecule has 0 spiro atoms. The Morgan fingerprint density at radius 3 is 2.53 bits per heavy atom. The molecule has 1 aromatic carbocycles. The highest BCUT2D eigenvalue weighted by atomic mass is 16.5. The number of carbonyl (C=O) groups excluding carboxylic acids is 1. The third kappa shape index (κ3) is 3.66. The van der Waals surface area contributed by atoms with E-state index in [1.807, 2.05) is 19.1 Å². The van der Waals surface area contributed by atoms with E-state index in [9.17, 15) is 4.79 Å². The first-order valence-electron chi connectivity index (χ1n) is 5.54. The maximum Gasteiger partial charge on any atom is 0.216 e. The van der Waals surface area contributed by atoms with Crippen molar-refractivity contribution in [3.8, 4) is 11.5 Å². The molecule has 1 amide bonds. The number of hydrogen-bond acceptors (Lipinski definition) is 3. The summed E-state index contributed by atoms with van der Waals surface area (Å²) in [6, 6.07) is 3.82. The minimum absolute atomic E-state index is 0.0184. The smallest absolute Gasteiger partial charge is 0.216 e. The quantitative estimate of drug-likeness (QED) is 0.847. The Labute approximate surface area is 102 Å². The van der Waals surface area contributed by atoms with E-state index >= 15 is 0 Å². The number of nitrogens with one attached hydrogen (secondary N) is 1. The van der Waals surface area contributed by atoms with Gasteiger partial charge in [0.25, 0.3) is 0 Å². The van der Waals surface area contributed by atoms with Gasteiger partial charge in [-0.2, -0.15) is 0 Å². The lowest BCUT2D eigenvalue weighted by molar-refractivity contribution is -0.118. The van der Waals surface area contributed by atoms with Gasteiger partial charge in [0.1, 0.15) is 11.5 Å².